The number of halogens is 1. The number of benzene rings is 2. The van der Waals surface area contributed by atoms with E-state index in [0.29, 0.717) is 36.1 Å². The third-order valence-electron chi connectivity index (χ3n) is 5.61. The molecule has 1 aliphatic heterocycles. The van der Waals surface area contributed by atoms with Crippen LogP contribution in [0.2, 0.25) is 5.02 Å². The minimum Gasteiger partial charge on any atom is -0.475 e. The van der Waals surface area contributed by atoms with E-state index in [2.05, 4.69) is 15.3 Å². The molecular weight excluding hydrogens is 456 g/mol. The van der Waals surface area contributed by atoms with Gasteiger partial charge in [-0.25, -0.2) is 9.97 Å². The molecule has 0 fully saturated rings. The van der Waals surface area contributed by atoms with E-state index in [1.165, 1.54) is 6.33 Å². The van der Waals surface area contributed by atoms with Gasteiger partial charge in [-0.3, -0.25) is 9.59 Å². The van der Waals surface area contributed by atoms with Crippen LogP contribution in [0.15, 0.2) is 48.8 Å². The van der Waals surface area contributed by atoms with E-state index in [1.807, 2.05) is 42.5 Å². The smallest absolute Gasteiger partial charge is 0.267 e. The Balaban J connectivity index is 1.56. The van der Waals surface area contributed by atoms with Crippen LogP contribution in [0.5, 0.6) is 5.88 Å². The van der Waals surface area contributed by atoms with Crippen molar-refractivity contribution in [3.8, 4) is 17.0 Å². The molecule has 1 aromatic heterocycles. The SMILES string of the molecule is CNc1ncnc2c1C(=O)N(c1ccc(-c3ccc(CN(C)C(=O)CN)cc3Cl)cc1)CCO2. The van der Waals surface area contributed by atoms with Crippen LogP contribution in [0.25, 0.3) is 11.1 Å². The average molecular weight is 481 g/mol. The molecule has 0 atom stereocenters. The van der Waals surface area contributed by atoms with Gasteiger partial charge < -0.3 is 25.6 Å². The number of fused-ring (bicyclic) bond motifs is 1. The van der Waals surface area contributed by atoms with Crippen LogP contribution in [0.3, 0.4) is 0 Å². The summed E-state index contributed by atoms with van der Waals surface area (Å²) in [6, 6.07) is 13.3. The van der Waals surface area contributed by atoms with Crippen LogP contribution in [-0.2, 0) is 11.3 Å². The zero-order valence-electron chi connectivity index (χ0n) is 18.9. The summed E-state index contributed by atoms with van der Waals surface area (Å²) >= 11 is 6.55. The molecule has 0 spiro atoms. The number of aromatic nitrogens is 2. The molecule has 0 radical (unpaired) electrons. The third-order valence-corrected chi connectivity index (χ3v) is 5.92. The number of nitrogens with one attached hydrogen (secondary N) is 1. The number of rotatable bonds is 6. The Morgan fingerprint density at radius 2 is 2.00 bits per heavy atom. The monoisotopic (exact) mass is 480 g/mol. The molecule has 3 aromatic rings. The second kappa shape index (κ2) is 10.1. The van der Waals surface area contributed by atoms with Gasteiger partial charge in [0.25, 0.3) is 5.91 Å². The van der Waals surface area contributed by atoms with Crippen LogP contribution in [0.4, 0.5) is 11.5 Å². The summed E-state index contributed by atoms with van der Waals surface area (Å²) in [7, 11) is 3.40. The fourth-order valence-electron chi connectivity index (χ4n) is 3.81. The molecule has 3 N–H and O–H groups in total. The van der Waals surface area contributed by atoms with Crippen LogP contribution in [0, 0.1) is 0 Å². The maximum absolute atomic E-state index is 13.3. The zero-order valence-corrected chi connectivity index (χ0v) is 19.7. The molecule has 9 nitrogen and oxygen atoms in total. The van der Waals surface area contributed by atoms with E-state index >= 15 is 0 Å². The fourth-order valence-corrected chi connectivity index (χ4v) is 4.12. The third kappa shape index (κ3) is 4.66. The highest BCUT2D eigenvalue weighted by Crippen LogP contribution is 2.32. The van der Waals surface area contributed by atoms with Gasteiger partial charge in [-0.2, -0.15) is 0 Å². The number of hydrogen-bond acceptors (Lipinski definition) is 7. The predicted octanol–water partition coefficient (Wildman–Crippen LogP) is 2.80. The van der Waals surface area contributed by atoms with Crippen LogP contribution in [-0.4, -0.2) is 60.5 Å². The summed E-state index contributed by atoms with van der Waals surface area (Å²) in [5.41, 5.74) is 9.13. The van der Waals surface area contributed by atoms with Crippen molar-refractivity contribution < 1.29 is 14.3 Å². The van der Waals surface area contributed by atoms with Crippen molar-refractivity contribution >= 4 is 34.9 Å². The van der Waals surface area contributed by atoms with Crippen molar-refractivity contribution in [2.45, 2.75) is 6.54 Å². The predicted molar refractivity (Wildman–Crippen MR) is 131 cm³/mol. The molecule has 0 saturated carbocycles. The number of anilines is 2. The standard InChI is InChI=1S/C24H25ClN6O3/c1-27-22-21-23(29-14-28-22)34-10-9-31(24(21)33)17-6-4-16(5-7-17)18-8-3-15(11-19(18)25)13-30(2)20(32)12-26/h3-8,11,14H,9-10,12-13,26H2,1-2H3,(H,27,28,29). The Bertz CT molecular complexity index is 1220. The average Bonchev–Trinajstić information content (AvgIpc) is 3.02. The first-order valence-electron chi connectivity index (χ1n) is 10.7. The van der Waals surface area contributed by atoms with Gasteiger partial charge in [0.2, 0.25) is 11.8 Å². The Kier molecular flexibility index (Phi) is 6.95. The number of nitrogens with zero attached hydrogens (tertiary/aromatic N) is 4. The number of amides is 2. The summed E-state index contributed by atoms with van der Waals surface area (Å²) < 4.78 is 5.68. The Labute approximate surface area is 202 Å². The molecule has 0 saturated heterocycles. The van der Waals surface area contributed by atoms with E-state index in [9.17, 15) is 9.59 Å². The fraction of sp³-hybridized carbons (Fsp3) is 0.250. The Hall–Kier alpha value is -3.69. The van der Waals surface area contributed by atoms with Crippen molar-refractivity contribution in [1.29, 1.82) is 0 Å². The summed E-state index contributed by atoms with van der Waals surface area (Å²) in [5, 5.41) is 3.50. The van der Waals surface area contributed by atoms with E-state index in [1.54, 1.807) is 23.9 Å². The number of ether oxygens (including phenoxy) is 1. The van der Waals surface area contributed by atoms with Crippen molar-refractivity contribution in [2.24, 2.45) is 5.73 Å². The topological polar surface area (TPSA) is 114 Å². The second-order valence-corrected chi connectivity index (χ2v) is 8.18. The van der Waals surface area contributed by atoms with Crippen molar-refractivity contribution in [1.82, 2.24) is 14.9 Å². The molecule has 176 valence electrons. The molecule has 0 unspecified atom stereocenters. The first-order chi connectivity index (χ1) is 16.4. The minimum atomic E-state index is -0.233. The van der Waals surface area contributed by atoms with Gasteiger partial charge in [0.1, 0.15) is 24.3 Å². The van der Waals surface area contributed by atoms with Gasteiger partial charge in [-0.05, 0) is 29.3 Å². The van der Waals surface area contributed by atoms with Gasteiger partial charge >= 0.3 is 0 Å². The van der Waals surface area contributed by atoms with Crippen LogP contribution in [0.1, 0.15) is 15.9 Å². The molecule has 2 aromatic carbocycles. The second-order valence-electron chi connectivity index (χ2n) is 7.77. The van der Waals surface area contributed by atoms with Gasteiger partial charge in [0.15, 0.2) is 0 Å². The van der Waals surface area contributed by atoms with E-state index < -0.39 is 0 Å². The first-order valence-corrected chi connectivity index (χ1v) is 11.1. The Morgan fingerprint density at radius 3 is 2.68 bits per heavy atom. The highest BCUT2D eigenvalue weighted by Gasteiger charge is 2.29. The van der Waals surface area contributed by atoms with Crippen molar-refractivity contribution in [2.75, 3.05) is 44.0 Å². The number of nitrogens with two attached hydrogens (primary N) is 1. The van der Waals surface area contributed by atoms with Crippen LogP contribution >= 0.6 is 11.6 Å². The number of likely N-dealkylation sites (N-methyl/N-ethyl adjacent to an activating group) is 1. The molecular formula is C24H25ClN6O3. The largest absolute Gasteiger partial charge is 0.475 e. The summed E-state index contributed by atoms with van der Waals surface area (Å²) in [6.07, 6.45) is 1.37. The lowest BCUT2D eigenvalue weighted by Crippen LogP contribution is -2.32. The highest BCUT2D eigenvalue weighted by atomic mass is 35.5. The first kappa shape index (κ1) is 23.5. The number of carbonyl (C=O) groups excluding carboxylic acids is 2. The van der Waals surface area contributed by atoms with Gasteiger partial charge in [-0.1, -0.05) is 35.9 Å². The molecule has 4 rings (SSSR count). The molecule has 2 amide bonds. The zero-order chi connectivity index (χ0) is 24.2. The lowest BCUT2D eigenvalue weighted by atomic mass is 10.0. The molecule has 0 aliphatic carbocycles. The normalized spacial score (nSPS) is 13.1. The molecule has 10 heteroatoms. The Morgan fingerprint density at radius 1 is 1.24 bits per heavy atom. The van der Waals surface area contributed by atoms with E-state index in [4.69, 9.17) is 22.1 Å². The van der Waals surface area contributed by atoms with Crippen molar-refractivity contribution in [3.63, 3.8) is 0 Å². The van der Waals surface area contributed by atoms with Gasteiger partial charge in [-0.15, -0.1) is 0 Å². The van der Waals surface area contributed by atoms with E-state index in [-0.39, 0.29) is 24.2 Å². The molecule has 34 heavy (non-hydrogen) atoms. The maximum Gasteiger partial charge on any atom is 0.267 e. The quantitative estimate of drug-likeness (QED) is 0.557. The highest BCUT2D eigenvalue weighted by molar-refractivity contribution is 6.33. The lowest BCUT2D eigenvalue weighted by Gasteiger charge is -2.21. The summed E-state index contributed by atoms with van der Waals surface area (Å²) in [4.78, 5) is 36.5. The van der Waals surface area contributed by atoms with E-state index in [0.717, 1.165) is 22.4 Å². The van der Waals surface area contributed by atoms with Crippen LogP contribution < -0.4 is 20.7 Å². The molecule has 2 heterocycles. The molecule has 0 bridgehead atoms. The summed E-state index contributed by atoms with van der Waals surface area (Å²) in [5.74, 6) is 0.322. The number of carbonyl (C=O) groups is 2. The van der Waals surface area contributed by atoms with Gasteiger partial charge in [0, 0.05) is 36.9 Å². The molecule has 1 aliphatic rings. The summed E-state index contributed by atoms with van der Waals surface area (Å²) in [6.45, 7) is 1.08. The lowest BCUT2D eigenvalue weighted by molar-refractivity contribution is -0.128. The minimum absolute atomic E-state index is 0.0326. The number of hydrogen-bond donors (Lipinski definition) is 2. The van der Waals surface area contributed by atoms with Crippen molar-refractivity contribution in [3.05, 3.63) is 64.9 Å². The van der Waals surface area contributed by atoms with Gasteiger partial charge in [0.05, 0.1) is 13.1 Å². The maximum atomic E-state index is 13.3.